The summed E-state index contributed by atoms with van der Waals surface area (Å²) in [5, 5.41) is 6.44. The predicted octanol–water partition coefficient (Wildman–Crippen LogP) is 3.49. The van der Waals surface area contributed by atoms with Crippen LogP contribution in [0.25, 0.3) is 0 Å². The lowest BCUT2D eigenvalue weighted by molar-refractivity contribution is 0.128. The summed E-state index contributed by atoms with van der Waals surface area (Å²) in [6.07, 6.45) is 8.84. The topological polar surface area (TPSA) is 45.2 Å². The lowest BCUT2D eigenvalue weighted by atomic mass is 9.92. The fourth-order valence-electron chi connectivity index (χ4n) is 3.90. The Bertz CT molecular complexity index is 525. The molecule has 21 heavy (non-hydrogen) atoms. The first-order chi connectivity index (χ1) is 10.3. The number of carbonyl (C=O) groups excluding carboxylic acids is 1. The Morgan fingerprint density at radius 3 is 3.00 bits per heavy atom. The van der Waals surface area contributed by atoms with E-state index in [0.717, 1.165) is 24.6 Å². The molecule has 3 aliphatic rings. The SMILES string of the molecule is O=C(NCc1csc(C2CC2)n1)N1CCC[C@@H]2CCC[C@@H]21. The van der Waals surface area contributed by atoms with Gasteiger partial charge in [0, 0.05) is 23.9 Å². The second-order valence-electron chi connectivity index (χ2n) is 6.70. The highest BCUT2D eigenvalue weighted by Gasteiger charge is 2.37. The lowest BCUT2D eigenvalue weighted by Crippen LogP contribution is -2.50. The first kappa shape index (κ1) is 13.6. The van der Waals surface area contributed by atoms with Crippen molar-refractivity contribution in [3.05, 3.63) is 16.1 Å². The van der Waals surface area contributed by atoms with Crippen molar-refractivity contribution in [3.63, 3.8) is 0 Å². The molecule has 2 atom stereocenters. The first-order valence-corrected chi connectivity index (χ1v) is 9.18. The minimum atomic E-state index is 0.118. The fourth-order valence-corrected chi connectivity index (χ4v) is 4.89. The number of urea groups is 1. The molecule has 5 heteroatoms. The number of hydrogen-bond acceptors (Lipinski definition) is 3. The van der Waals surface area contributed by atoms with Gasteiger partial charge in [0.1, 0.15) is 0 Å². The normalized spacial score (nSPS) is 28.5. The Kier molecular flexibility index (Phi) is 3.61. The molecule has 0 spiro atoms. The monoisotopic (exact) mass is 305 g/mol. The van der Waals surface area contributed by atoms with Crippen LogP contribution in [0.15, 0.2) is 5.38 Å². The number of rotatable bonds is 3. The molecule has 2 heterocycles. The van der Waals surface area contributed by atoms with Crippen LogP contribution in [0.2, 0.25) is 0 Å². The average molecular weight is 305 g/mol. The van der Waals surface area contributed by atoms with Gasteiger partial charge >= 0.3 is 6.03 Å². The molecule has 4 rings (SSSR count). The van der Waals surface area contributed by atoms with Crippen LogP contribution in [0.4, 0.5) is 4.79 Å². The molecule has 1 aromatic rings. The number of nitrogens with zero attached hydrogens (tertiary/aromatic N) is 2. The molecule has 2 aliphatic carbocycles. The summed E-state index contributed by atoms with van der Waals surface area (Å²) in [5.74, 6) is 1.46. The Balaban J connectivity index is 1.34. The molecule has 0 unspecified atom stereocenters. The van der Waals surface area contributed by atoms with Gasteiger partial charge in [-0.1, -0.05) is 6.42 Å². The smallest absolute Gasteiger partial charge is 0.317 e. The first-order valence-electron chi connectivity index (χ1n) is 8.30. The number of amides is 2. The van der Waals surface area contributed by atoms with Crippen molar-refractivity contribution in [1.29, 1.82) is 0 Å². The summed E-state index contributed by atoms with van der Waals surface area (Å²) in [5.41, 5.74) is 1.02. The second-order valence-corrected chi connectivity index (χ2v) is 7.59. The Hall–Kier alpha value is -1.10. The minimum absolute atomic E-state index is 0.118. The number of carbonyl (C=O) groups is 1. The van der Waals surface area contributed by atoms with E-state index in [1.54, 1.807) is 11.3 Å². The number of nitrogens with one attached hydrogen (secondary N) is 1. The molecule has 4 nitrogen and oxygen atoms in total. The van der Waals surface area contributed by atoms with Gasteiger partial charge in [-0.05, 0) is 44.4 Å². The van der Waals surface area contributed by atoms with Gasteiger partial charge in [0.15, 0.2) is 0 Å². The summed E-state index contributed by atoms with van der Waals surface area (Å²) in [6.45, 7) is 1.51. The zero-order chi connectivity index (χ0) is 14.2. The minimum Gasteiger partial charge on any atom is -0.332 e. The summed E-state index contributed by atoms with van der Waals surface area (Å²) in [6, 6.07) is 0.615. The highest BCUT2D eigenvalue weighted by Crippen LogP contribution is 2.41. The van der Waals surface area contributed by atoms with Crippen molar-refractivity contribution in [2.45, 2.75) is 63.5 Å². The van der Waals surface area contributed by atoms with Crippen LogP contribution in [0.1, 0.15) is 61.6 Å². The largest absolute Gasteiger partial charge is 0.332 e. The van der Waals surface area contributed by atoms with Gasteiger partial charge in [-0.3, -0.25) is 0 Å². The van der Waals surface area contributed by atoms with E-state index < -0.39 is 0 Å². The van der Waals surface area contributed by atoms with Gasteiger partial charge in [-0.25, -0.2) is 9.78 Å². The Labute approximate surface area is 129 Å². The third-order valence-corrected chi connectivity index (χ3v) is 6.23. The van der Waals surface area contributed by atoms with E-state index in [4.69, 9.17) is 0 Å². The third-order valence-electron chi connectivity index (χ3n) is 5.17. The molecule has 1 aromatic heterocycles. The highest BCUT2D eigenvalue weighted by molar-refractivity contribution is 7.09. The number of aromatic nitrogens is 1. The maximum Gasteiger partial charge on any atom is 0.317 e. The fraction of sp³-hybridized carbons (Fsp3) is 0.750. The molecule has 3 fully saturated rings. The van der Waals surface area contributed by atoms with Gasteiger partial charge in [0.25, 0.3) is 0 Å². The summed E-state index contributed by atoms with van der Waals surface area (Å²) >= 11 is 1.75. The van der Waals surface area contributed by atoms with E-state index in [2.05, 4.69) is 20.6 Å². The van der Waals surface area contributed by atoms with Crippen LogP contribution in [0.3, 0.4) is 0 Å². The Morgan fingerprint density at radius 1 is 1.29 bits per heavy atom. The van der Waals surface area contributed by atoms with Crippen LogP contribution in [-0.4, -0.2) is 28.5 Å². The maximum atomic E-state index is 12.5. The average Bonchev–Trinajstić information content (AvgIpc) is 3.06. The maximum absolute atomic E-state index is 12.5. The molecule has 114 valence electrons. The molecule has 0 bridgehead atoms. The highest BCUT2D eigenvalue weighted by atomic mass is 32.1. The number of piperidine rings is 1. The second kappa shape index (κ2) is 5.59. The molecular formula is C16H23N3OS. The van der Waals surface area contributed by atoms with Gasteiger partial charge in [-0.2, -0.15) is 0 Å². The van der Waals surface area contributed by atoms with Crippen molar-refractivity contribution in [3.8, 4) is 0 Å². The molecule has 2 amide bonds. The van der Waals surface area contributed by atoms with E-state index in [0.29, 0.717) is 18.5 Å². The van der Waals surface area contributed by atoms with Crippen LogP contribution in [0, 0.1) is 5.92 Å². The summed E-state index contributed by atoms with van der Waals surface area (Å²) in [4.78, 5) is 19.2. The van der Waals surface area contributed by atoms with Crippen LogP contribution >= 0.6 is 11.3 Å². The summed E-state index contributed by atoms with van der Waals surface area (Å²) in [7, 11) is 0. The summed E-state index contributed by atoms with van der Waals surface area (Å²) < 4.78 is 0. The van der Waals surface area contributed by atoms with Crippen LogP contribution in [-0.2, 0) is 6.54 Å². The molecule has 2 saturated carbocycles. The standard InChI is InChI=1S/C16H23N3OS/c20-16(19-8-2-4-11-3-1-5-14(11)19)17-9-13-10-21-15(18-13)12-6-7-12/h10-12,14H,1-9H2,(H,17,20)/t11-,14-/m0/s1. The Morgan fingerprint density at radius 2 is 2.14 bits per heavy atom. The van der Waals surface area contributed by atoms with E-state index in [1.165, 1.54) is 43.5 Å². The molecular weight excluding hydrogens is 282 g/mol. The number of likely N-dealkylation sites (tertiary alicyclic amines) is 1. The number of fused-ring (bicyclic) bond motifs is 1. The lowest BCUT2D eigenvalue weighted by Gasteiger charge is -2.37. The van der Waals surface area contributed by atoms with Crippen molar-refractivity contribution < 1.29 is 4.79 Å². The van der Waals surface area contributed by atoms with Gasteiger partial charge in [0.05, 0.1) is 17.2 Å². The third kappa shape index (κ3) is 2.80. The van der Waals surface area contributed by atoms with Crippen molar-refractivity contribution in [2.75, 3.05) is 6.54 Å². The predicted molar refractivity (Wildman–Crippen MR) is 83.4 cm³/mol. The van der Waals surface area contributed by atoms with Crippen molar-refractivity contribution in [1.82, 2.24) is 15.2 Å². The van der Waals surface area contributed by atoms with Crippen molar-refractivity contribution in [2.24, 2.45) is 5.92 Å². The molecule has 1 N–H and O–H groups in total. The van der Waals surface area contributed by atoms with Crippen LogP contribution < -0.4 is 5.32 Å². The van der Waals surface area contributed by atoms with Gasteiger partial charge < -0.3 is 10.2 Å². The molecule has 0 aromatic carbocycles. The van der Waals surface area contributed by atoms with E-state index in [9.17, 15) is 4.79 Å². The molecule has 1 saturated heterocycles. The number of hydrogen-bond donors (Lipinski definition) is 1. The van der Waals surface area contributed by atoms with Gasteiger partial charge in [-0.15, -0.1) is 11.3 Å². The van der Waals surface area contributed by atoms with E-state index >= 15 is 0 Å². The molecule has 0 radical (unpaired) electrons. The quantitative estimate of drug-likeness (QED) is 0.929. The van der Waals surface area contributed by atoms with Gasteiger partial charge in [0.2, 0.25) is 0 Å². The molecule has 1 aliphatic heterocycles. The zero-order valence-electron chi connectivity index (χ0n) is 12.4. The zero-order valence-corrected chi connectivity index (χ0v) is 13.2. The number of thiazole rings is 1. The van der Waals surface area contributed by atoms with E-state index in [1.807, 2.05) is 0 Å². The van der Waals surface area contributed by atoms with Crippen LogP contribution in [0.5, 0.6) is 0 Å². The van der Waals surface area contributed by atoms with Crippen molar-refractivity contribution >= 4 is 17.4 Å². The van der Waals surface area contributed by atoms with E-state index in [-0.39, 0.29) is 6.03 Å².